The molecule has 2 rings (SSSR count). The van der Waals surface area contributed by atoms with Crippen molar-refractivity contribution in [2.75, 3.05) is 0 Å². The monoisotopic (exact) mass is 289 g/mol. The molecule has 0 unspecified atom stereocenters. The van der Waals surface area contributed by atoms with Gasteiger partial charge >= 0.3 is 5.97 Å². The quantitative estimate of drug-likeness (QED) is 0.848. The molecule has 0 aliphatic carbocycles. The van der Waals surface area contributed by atoms with E-state index in [4.69, 9.17) is 4.74 Å². The highest BCUT2D eigenvalue weighted by Gasteiger charge is 2.31. The van der Waals surface area contributed by atoms with Crippen LogP contribution >= 0.6 is 0 Å². The predicted molar refractivity (Wildman–Crippen MR) is 81.0 cm³/mol. The maximum atomic E-state index is 12.2. The first-order chi connectivity index (χ1) is 9.97. The SMILES string of the molecule is CC(C)CC[C@@H](C)NC(=O)[C@H]1Cc2ccccc2C(=O)O1. The molecule has 114 valence electrons. The molecule has 0 bridgehead atoms. The van der Waals surface area contributed by atoms with E-state index in [2.05, 4.69) is 19.2 Å². The molecule has 1 aliphatic rings. The summed E-state index contributed by atoms with van der Waals surface area (Å²) in [4.78, 5) is 24.1. The van der Waals surface area contributed by atoms with Crippen LogP contribution in [0.5, 0.6) is 0 Å². The average Bonchev–Trinajstić information content (AvgIpc) is 2.45. The van der Waals surface area contributed by atoms with Crippen LogP contribution in [0.4, 0.5) is 0 Å². The smallest absolute Gasteiger partial charge is 0.339 e. The third kappa shape index (κ3) is 4.06. The molecular weight excluding hydrogens is 266 g/mol. The van der Waals surface area contributed by atoms with E-state index < -0.39 is 12.1 Å². The number of rotatable bonds is 5. The van der Waals surface area contributed by atoms with Gasteiger partial charge in [0.05, 0.1) is 5.56 Å². The maximum Gasteiger partial charge on any atom is 0.339 e. The van der Waals surface area contributed by atoms with E-state index >= 15 is 0 Å². The van der Waals surface area contributed by atoms with Gasteiger partial charge in [-0.05, 0) is 37.3 Å². The lowest BCUT2D eigenvalue weighted by Crippen LogP contribution is -2.45. The fourth-order valence-electron chi connectivity index (χ4n) is 2.47. The van der Waals surface area contributed by atoms with Crippen molar-refractivity contribution in [3.05, 3.63) is 35.4 Å². The van der Waals surface area contributed by atoms with Crippen molar-refractivity contribution >= 4 is 11.9 Å². The van der Waals surface area contributed by atoms with Gasteiger partial charge in [-0.3, -0.25) is 4.79 Å². The van der Waals surface area contributed by atoms with E-state index in [1.54, 1.807) is 12.1 Å². The van der Waals surface area contributed by atoms with Gasteiger partial charge < -0.3 is 10.1 Å². The minimum atomic E-state index is -0.714. The van der Waals surface area contributed by atoms with Gasteiger partial charge in [0, 0.05) is 12.5 Å². The summed E-state index contributed by atoms with van der Waals surface area (Å²) >= 11 is 0. The number of esters is 1. The van der Waals surface area contributed by atoms with Crippen LogP contribution in [0.1, 0.15) is 49.5 Å². The third-order valence-electron chi connectivity index (χ3n) is 3.75. The Hall–Kier alpha value is -1.84. The molecule has 1 aliphatic heterocycles. The topological polar surface area (TPSA) is 55.4 Å². The Balaban J connectivity index is 1.94. The highest BCUT2D eigenvalue weighted by atomic mass is 16.5. The Kier molecular flexibility index (Phi) is 4.99. The molecular formula is C17H23NO3. The summed E-state index contributed by atoms with van der Waals surface area (Å²) in [6, 6.07) is 7.37. The Morgan fingerprint density at radius 1 is 1.29 bits per heavy atom. The lowest BCUT2D eigenvalue weighted by atomic mass is 9.98. The zero-order chi connectivity index (χ0) is 15.4. The largest absolute Gasteiger partial charge is 0.448 e. The lowest BCUT2D eigenvalue weighted by Gasteiger charge is -2.25. The standard InChI is InChI=1S/C17H23NO3/c1-11(2)8-9-12(3)18-16(19)15-10-13-6-4-5-7-14(13)17(20)21-15/h4-7,11-12,15H,8-10H2,1-3H3,(H,18,19)/t12-,15-/m1/s1. The van der Waals surface area contributed by atoms with E-state index in [1.807, 2.05) is 19.1 Å². The van der Waals surface area contributed by atoms with Gasteiger partial charge in [0.25, 0.3) is 5.91 Å². The minimum absolute atomic E-state index is 0.0933. The summed E-state index contributed by atoms with van der Waals surface area (Å²) in [6.45, 7) is 6.31. The molecule has 0 saturated heterocycles. The Labute approximate surface area is 125 Å². The van der Waals surface area contributed by atoms with Gasteiger partial charge in [0.2, 0.25) is 0 Å². The van der Waals surface area contributed by atoms with Gasteiger partial charge in [-0.15, -0.1) is 0 Å². The van der Waals surface area contributed by atoms with Crippen LogP contribution in [0.2, 0.25) is 0 Å². The first-order valence-corrected chi connectivity index (χ1v) is 7.56. The summed E-state index contributed by atoms with van der Waals surface area (Å²) in [5.41, 5.74) is 1.44. The Bertz CT molecular complexity index is 525. The third-order valence-corrected chi connectivity index (χ3v) is 3.75. The van der Waals surface area contributed by atoms with Crippen LogP contribution in [-0.2, 0) is 16.0 Å². The summed E-state index contributed by atoms with van der Waals surface area (Å²) < 4.78 is 5.25. The van der Waals surface area contributed by atoms with Crippen molar-refractivity contribution < 1.29 is 14.3 Å². The number of carbonyl (C=O) groups is 2. The molecule has 0 radical (unpaired) electrons. The van der Waals surface area contributed by atoms with Crippen LogP contribution in [0.15, 0.2) is 24.3 Å². The second-order valence-electron chi connectivity index (χ2n) is 6.14. The average molecular weight is 289 g/mol. The minimum Gasteiger partial charge on any atom is -0.448 e. The van der Waals surface area contributed by atoms with Crippen molar-refractivity contribution in [2.24, 2.45) is 5.92 Å². The second kappa shape index (κ2) is 6.74. The molecule has 0 fully saturated rings. The normalized spacial score (nSPS) is 18.9. The number of amides is 1. The fourth-order valence-corrected chi connectivity index (χ4v) is 2.47. The number of carbonyl (C=O) groups excluding carboxylic acids is 2. The first kappa shape index (κ1) is 15.5. The van der Waals surface area contributed by atoms with Crippen molar-refractivity contribution in [2.45, 2.75) is 52.2 Å². The molecule has 1 amide bonds. The molecule has 0 aromatic heterocycles. The number of benzene rings is 1. The van der Waals surface area contributed by atoms with Crippen LogP contribution in [0, 0.1) is 5.92 Å². The summed E-state index contributed by atoms with van der Waals surface area (Å²) in [6.07, 6.45) is 1.73. The number of cyclic esters (lactones) is 1. The van der Waals surface area contributed by atoms with Crippen molar-refractivity contribution in [3.8, 4) is 0 Å². The summed E-state index contributed by atoms with van der Waals surface area (Å²) in [7, 11) is 0. The van der Waals surface area contributed by atoms with Crippen LogP contribution in [0.25, 0.3) is 0 Å². The molecule has 4 nitrogen and oxygen atoms in total. The molecule has 2 atom stereocenters. The van der Waals surface area contributed by atoms with Gasteiger partial charge in [-0.25, -0.2) is 4.79 Å². The van der Waals surface area contributed by atoms with Crippen molar-refractivity contribution in [3.63, 3.8) is 0 Å². The predicted octanol–water partition coefficient (Wildman–Crippen LogP) is 2.71. The molecule has 4 heteroatoms. The number of ether oxygens (including phenoxy) is 1. The van der Waals surface area contributed by atoms with Crippen LogP contribution in [-0.4, -0.2) is 24.0 Å². The van der Waals surface area contributed by atoms with E-state index in [9.17, 15) is 9.59 Å². The van der Waals surface area contributed by atoms with Gasteiger partial charge in [0.1, 0.15) is 0 Å². The maximum absolute atomic E-state index is 12.2. The van der Waals surface area contributed by atoms with E-state index in [-0.39, 0.29) is 11.9 Å². The first-order valence-electron chi connectivity index (χ1n) is 7.56. The second-order valence-corrected chi connectivity index (χ2v) is 6.14. The number of hydrogen-bond acceptors (Lipinski definition) is 3. The number of hydrogen-bond donors (Lipinski definition) is 1. The molecule has 1 N–H and O–H groups in total. The van der Waals surface area contributed by atoms with Crippen LogP contribution < -0.4 is 5.32 Å². The number of nitrogens with one attached hydrogen (secondary N) is 1. The van der Waals surface area contributed by atoms with Crippen LogP contribution in [0.3, 0.4) is 0 Å². The molecule has 0 spiro atoms. The van der Waals surface area contributed by atoms with E-state index in [1.165, 1.54) is 0 Å². The van der Waals surface area contributed by atoms with Crippen molar-refractivity contribution in [1.82, 2.24) is 5.32 Å². The van der Waals surface area contributed by atoms with Gasteiger partial charge in [-0.1, -0.05) is 32.0 Å². The molecule has 1 aromatic rings. The highest BCUT2D eigenvalue weighted by molar-refractivity contribution is 5.95. The fraction of sp³-hybridized carbons (Fsp3) is 0.529. The molecule has 1 heterocycles. The highest BCUT2D eigenvalue weighted by Crippen LogP contribution is 2.20. The molecule has 0 saturated carbocycles. The molecule has 21 heavy (non-hydrogen) atoms. The Morgan fingerprint density at radius 2 is 2.00 bits per heavy atom. The lowest BCUT2D eigenvalue weighted by molar-refractivity contribution is -0.131. The van der Waals surface area contributed by atoms with Crippen molar-refractivity contribution in [1.29, 1.82) is 0 Å². The summed E-state index contributed by atoms with van der Waals surface area (Å²) in [5, 5.41) is 2.94. The van der Waals surface area contributed by atoms with Gasteiger partial charge in [0.15, 0.2) is 6.10 Å². The van der Waals surface area contributed by atoms with E-state index in [0.29, 0.717) is 17.9 Å². The van der Waals surface area contributed by atoms with E-state index in [0.717, 1.165) is 18.4 Å². The zero-order valence-corrected chi connectivity index (χ0v) is 12.9. The summed E-state index contributed by atoms with van der Waals surface area (Å²) in [5.74, 6) is 0.00433. The molecule has 1 aromatic carbocycles. The zero-order valence-electron chi connectivity index (χ0n) is 12.9. The number of fused-ring (bicyclic) bond motifs is 1. The Morgan fingerprint density at radius 3 is 2.71 bits per heavy atom. The van der Waals surface area contributed by atoms with Gasteiger partial charge in [-0.2, -0.15) is 0 Å².